The molecule has 0 heterocycles. The normalized spacial score (nSPS) is 22.1. The van der Waals surface area contributed by atoms with E-state index < -0.39 is 5.97 Å². The molecule has 1 aliphatic carbocycles. The topological polar surface area (TPSA) is 64.6 Å². The van der Waals surface area contributed by atoms with Gasteiger partial charge >= 0.3 is 5.97 Å². The highest BCUT2D eigenvalue weighted by Gasteiger charge is 2.28. The zero-order valence-electron chi connectivity index (χ0n) is 15.8. The SMILES string of the molecule is C[C@@H]1[C@H](C)CCC[C@H]1NC(=O)COC(=O)CCCOc1ccc(Cl)cc1Cl. The average molecular weight is 416 g/mol. The molecule has 0 radical (unpaired) electrons. The van der Waals surface area contributed by atoms with E-state index in [-0.39, 0.29) is 25.0 Å². The molecule has 1 aliphatic rings. The highest BCUT2D eigenvalue weighted by molar-refractivity contribution is 6.35. The molecule has 0 spiro atoms. The lowest BCUT2D eigenvalue weighted by atomic mass is 9.78. The van der Waals surface area contributed by atoms with Gasteiger partial charge in [0.05, 0.1) is 11.6 Å². The van der Waals surface area contributed by atoms with E-state index in [9.17, 15) is 9.59 Å². The molecule has 2 rings (SSSR count). The summed E-state index contributed by atoms with van der Waals surface area (Å²) >= 11 is 11.8. The predicted molar refractivity (Wildman–Crippen MR) is 106 cm³/mol. The van der Waals surface area contributed by atoms with E-state index in [2.05, 4.69) is 19.2 Å². The largest absolute Gasteiger partial charge is 0.492 e. The summed E-state index contributed by atoms with van der Waals surface area (Å²) in [6, 6.07) is 5.13. The summed E-state index contributed by atoms with van der Waals surface area (Å²) < 4.78 is 10.6. The molecule has 0 aromatic heterocycles. The lowest BCUT2D eigenvalue weighted by molar-refractivity contribution is -0.149. The van der Waals surface area contributed by atoms with Crippen LogP contribution < -0.4 is 10.1 Å². The van der Waals surface area contributed by atoms with Gasteiger partial charge in [-0.05, 0) is 42.9 Å². The third kappa shape index (κ3) is 7.23. The molecule has 1 amide bonds. The molecule has 1 aromatic rings. The maximum Gasteiger partial charge on any atom is 0.306 e. The van der Waals surface area contributed by atoms with Gasteiger partial charge in [0.25, 0.3) is 5.91 Å². The number of carbonyl (C=O) groups excluding carboxylic acids is 2. The van der Waals surface area contributed by atoms with Crippen LogP contribution in [-0.2, 0) is 14.3 Å². The minimum Gasteiger partial charge on any atom is -0.492 e. The van der Waals surface area contributed by atoms with Crippen molar-refractivity contribution < 1.29 is 19.1 Å². The van der Waals surface area contributed by atoms with Crippen molar-refractivity contribution in [2.45, 2.75) is 52.0 Å². The maximum atomic E-state index is 12.0. The Kier molecular flexibility index (Phi) is 8.71. The molecule has 3 atom stereocenters. The van der Waals surface area contributed by atoms with Gasteiger partial charge in [-0.2, -0.15) is 0 Å². The lowest BCUT2D eigenvalue weighted by Gasteiger charge is -2.34. The number of rotatable bonds is 8. The highest BCUT2D eigenvalue weighted by Crippen LogP contribution is 2.29. The van der Waals surface area contributed by atoms with Gasteiger partial charge in [-0.3, -0.25) is 9.59 Å². The van der Waals surface area contributed by atoms with Crippen LogP contribution in [0.15, 0.2) is 18.2 Å². The fourth-order valence-electron chi connectivity index (χ4n) is 3.24. The average Bonchev–Trinajstić information content (AvgIpc) is 2.62. The van der Waals surface area contributed by atoms with E-state index in [1.54, 1.807) is 18.2 Å². The van der Waals surface area contributed by atoms with Gasteiger partial charge in [0, 0.05) is 17.5 Å². The van der Waals surface area contributed by atoms with Gasteiger partial charge in [0.1, 0.15) is 5.75 Å². The molecular formula is C20H27Cl2NO4. The third-order valence-electron chi connectivity index (χ3n) is 5.09. The van der Waals surface area contributed by atoms with Crippen molar-refractivity contribution >= 4 is 35.1 Å². The van der Waals surface area contributed by atoms with E-state index >= 15 is 0 Å². The van der Waals surface area contributed by atoms with E-state index in [0.717, 1.165) is 12.8 Å². The van der Waals surface area contributed by atoms with Crippen molar-refractivity contribution in [2.24, 2.45) is 11.8 Å². The standard InChI is InChI=1S/C20H27Cl2NO4/c1-13-5-3-6-17(14(13)2)23-19(24)12-27-20(25)7-4-10-26-18-9-8-15(21)11-16(18)22/h8-9,11,13-14,17H,3-7,10,12H2,1-2H3,(H,23,24)/t13-,14-,17-/m1/s1. The fraction of sp³-hybridized carbons (Fsp3) is 0.600. The molecule has 1 saturated carbocycles. The van der Waals surface area contributed by atoms with Crippen LogP contribution in [0.25, 0.3) is 0 Å². The Morgan fingerprint density at radius 1 is 1.22 bits per heavy atom. The Labute approximate surface area is 170 Å². The molecule has 1 aromatic carbocycles. The van der Waals surface area contributed by atoms with Gasteiger partial charge in [-0.1, -0.05) is 49.9 Å². The molecule has 0 aliphatic heterocycles. The van der Waals surface area contributed by atoms with Gasteiger partial charge < -0.3 is 14.8 Å². The quantitative estimate of drug-likeness (QED) is 0.496. The first-order valence-corrected chi connectivity index (χ1v) is 10.1. The third-order valence-corrected chi connectivity index (χ3v) is 5.62. The number of halogens is 2. The van der Waals surface area contributed by atoms with Crippen LogP contribution >= 0.6 is 23.2 Å². The van der Waals surface area contributed by atoms with Crippen LogP contribution in [0.1, 0.15) is 46.0 Å². The van der Waals surface area contributed by atoms with E-state index in [4.69, 9.17) is 32.7 Å². The summed E-state index contributed by atoms with van der Waals surface area (Å²) in [6.07, 6.45) is 3.95. The van der Waals surface area contributed by atoms with Crippen molar-refractivity contribution in [3.8, 4) is 5.75 Å². The monoisotopic (exact) mass is 415 g/mol. The number of hydrogen-bond acceptors (Lipinski definition) is 4. The van der Waals surface area contributed by atoms with Crippen molar-refractivity contribution in [1.82, 2.24) is 5.32 Å². The molecule has 0 saturated heterocycles. The molecule has 1 N–H and O–H groups in total. The molecule has 0 unspecified atom stereocenters. The number of ether oxygens (including phenoxy) is 2. The van der Waals surface area contributed by atoms with Gasteiger partial charge in [-0.15, -0.1) is 0 Å². The molecule has 7 heteroatoms. The van der Waals surface area contributed by atoms with Gasteiger partial charge in [0.15, 0.2) is 6.61 Å². The van der Waals surface area contributed by atoms with Crippen LogP contribution in [0.2, 0.25) is 10.0 Å². The number of benzene rings is 1. The maximum absolute atomic E-state index is 12.0. The van der Waals surface area contributed by atoms with Gasteiger partial charge in [0.2, 0.25) is 0 Å². The zero-order valence-corrected chi connectivity index (χ0v) is 17.3. The van der Waals surface area contributed by atoms with Crippen molar-refractivity contribution in [3.63, 3.8) is 0 Å². The smallest absolute Gasteiger partial charge is 0.306 e. The summed E-state index contributed by atoms with van der Waals surface area (Å²) in [4.78, 5) is 23.8. The summed E-state index contributed by atoms with van der Waals surface area (Å²) in [5.41, 5.74) is 0. The Hall–Kier alpha value is -1.46. The van der Waals surface area contributed by atoms with E-state index in [0.29, 0.717) is 40.7 Å². The predicted octanol–water partition coefficient (Wildman–Crippen LogP) is 4.64. The van der Waals surface area contributed by atoms with Gasteiger partial charge in [-0.25, -0.2) is 0 Å². The Morgan fingerprint density at radius 3 is 2.74 bits per heavy atom. The van der Waals surface area contributed by atoms with E-state index in [1.807, 2.05) is 0 Å². The summed E-state index contributed by atoms with van der Waals surface area (Å²) in [7, 11) is 0. The second kappa shape index (κ2) is 10.8. The first kappa shape index (κ1) is 21.8. The molecule has 1 fully saturated rings. The first-order chi connectivity index (χ1) is 12.9. The van der Waals surface area contributed by atoms with E-state index in [1.165, 1.54) is 6.42 Å². The Balaban J connectivity index is 1.60. The fourth-order valence-corrected chi connectivity index (χ4v) is 3.71. The first-order valence-electron chi connectivity index (χ1n) is 9.39. The summed E-state index contributed by atoms with van der Waals surface area (Å²) in [5.74, 6) is 0.903. The Morgan fingerprint density at radius 2 is 2.00 bits per heavy atom. The van der Waals surface area contributed by atoms with Crippen LogP contribution in [-0.4, -0.2) is 31.1 Å². The minimum absolute atomic E-state index is 0.164. The second-order valence-electron chi connectivity index (χ2n) is 7.13. The lowest BCUT2D eigenvalue weighted by Crippen LogP contribution is -2.45. The second-order valence-corrected chi connectivity index (χ2v) is 7.97. The minimum atomic E-state index is -0.416. The molecule has 150 valence electrons. The summed E-state index contributed by atoms with van der Waals surface area (Å²) in [6.45, 7) is 4.45. The molecule has 5 nitrogen and oxygen atoms in total. The van der Waals surface area contributed by atoms with Crippen LogP contribution in [0.3, 0.4) is 0 Å². The number of nitrogens with one attached hydrogen (secondary N) is 1. The van der Waals surface area contributed by atoms with Crippen LogP contribution in [0.4, 0.5) is 0 Å². The number of carbonyl (C=O) groups is 2. The van der Waals surface area contributed by atoms with Crippen LogP contribution in [0, 0.1) is 11.8 Å². The number of hydrogen-bond donors (Lipinski definition) is 1. The van der Waals surface area contributed by atoms with Crippen molar-refractivity contribution in [3.05, 3.63) is 28.2 Å². The zero-order chi connectivity index (χ0) is 19.8. The van der Waals surface area contributed by atoms with Crippen LogP contribution in [0.5, 0.6) is 5.75 Å². The molecular weight excluding hydrogens is 389 g/mol. The van der Waals surface area contributed by atoms with Crippen molar-refractivity contribution in [1.29, 1.82) is 0 Å². The summed E-state index contributed by atoms with van der Waals surface area (Å²) in [5, 5.41) is 3.95. The number of esters is 1. The highest BCUT2D eigenvalue weighted by atomic mass is 35.5. The molecule has 27 heavy (non-hydrogen) atoms. The Bertz CT molecular complexity index is 653. The molecule has 0 bridgehead atoms. The van der Waals surface area contributed by atoms with Crippen molar-refractivity contribution in [2.75, 3.05) is 13.2 Å². The number of amides is 1.